The summed E-state index contributed by atoms with van der Waals surface area (Å²) in [6.45, 7) is 7.64. The van der Waals surface area contributed by atoms with Gasteiger partial charge in [0.25, 0.3) is 0 Å². The minimum absolute atomic E-state index is 0.811. The first-order valence-corrected chi connectivity index (χ1v) is 5.84. The highest BCUT2D eigenvalue weighted by atomic mass is 32.1. The Kier molecular flexibility index (Phi) is 5.75. The summed E-state index contributed by atoms with van der Waals surface area (Å²) < 4.78 is 5.24. The third-order valence-electron chi connectivity index (χ3n) is 1.79. The minimum Gasteiger partial charge on any atom is -0.382 e. The van der Waals surface area contributed by atoms with Gasteiger partial charge in [-0.2, -0.15) is 0 Å². The van der Waals surface area contributed by atoms with E-state index in [2.05, 4.69) is 17.2 Å². The van der Waals surface area contributed by atoms with Crippen LogP contribution in [0.25, 0.3) is 0 Å². The van der Waals surface area contributed by atoms with Gasteiger partial charge < -0.3 is 10.1 Å². The third kappa shape index (κ3) is 4.69. The average molecular weight is 214 g/mol. The highest BCUT2D eigenvalue weighted by Gasteiger charge is 1.96. The summed E-state index contributed by atoms with van der Waals surface area (Å²) in [6.07, 6.45) is 2.99. The van der Waals surface area contributed by atoms with Crippen LogP contribution in [0.5, 0.6) is 0 Å². The molecule has 0 bridgehead atoms. The molecule has 14 heavy (non-hydrogen) atoms. The predicted molar refractivity (Wildman–Crippen MR) is 59.7 cm³/mol. The highest BCUT2D eigenvalue weighted by Crippen LogP contribution is 2.10. The molecule has 1 rings (SSSR count). The topological polar surface area (TPSA) is 34.1 Å². The smallest absolute Gasteiger partial charge is 0.107 e. The van der Waals surface area contributed by atoms with Gasteiger partial charge in [0.1, 0.15) is 5.01 Å². The van der Waals surface area contributed by atoms with Crippen LogP contribution in [0.2, 0.25) is 0 Å². The molecular formula is C10H18N2OS. The Morgan fingerprint density at radius 3 is 3.07 bits per heavy atom. The lowest BCUT2D eigenvalue weighted by Crippen LogP contribution is -2.16. The van der Waals surface area contributed by atoms with Crippen LogP contribution in [0.1, 0.15) is 23.2 Å². The van der Waals surface area contributed by atoms with Gasteiger partial charge in [0, 0.05) is 30.8 Å². The van der Waals surface area contributed by atoms with Crippen LogP contribution in [-0.2, 0) is 11.3 Å². The number of rotatable bonds is 7. The van der Waals surface area contributed by atoms with E-state index in [9.17, 15) is 0 Å². The van der Waals surface area contributed by atoms with Crippen molar-refractivity contribution in [3.63, 3.8) is 0 Å². The zero-order valence-electron chi connectivity index (χ0n) is 8.88. The lowest BCUT2D eigenvalue weighted by molar-refractivity contribution is 0.144. The molecule has 0 spiro atoms. The largest absolute Gasteiger partial charge is 0.382 e. The van der Waals surface area contributed by atoms with Crippen molar-refractivity contribution >= 4 is 11.3 Å². The van der Waals surface area contributed by atoms with Crippen LogP contribution < -0.4 is 5.32 Å². The second kappa shape index (κ2) is 6.92. The molecule has 0 fully saturated rings. The van der Waals surface area contributed by atoms with Gasteiger partial charge in [0.2, 0.25) is 0 Å². The lowest BCUT2D eigenvalue weighted by atomic mass is 10.4. The molecule has 0 atom stereocenters. The zero-order valence-corrected chi connectivity index (χ0v) is 9.69. The van der Waals surface area contributed by atoms with E-state index < -0.39 is 0 Å². The van der Waals surface area contributed by atoms with Crippen LogP contribution in [0, 0.1) is 6.92 Å². The fraction of sp³-hybridized carbons (Fsp3) is 0.700. The van der Waals surface area contributed by atoms with E-state index in [1.807, 2.05) is 13.1 Å². The Hall–Kier alpha value is -0.450. The Bertz CT molecular complexity index is 250. The summed E-state index contributed by atoms with van der Waals surface area (Å²) in [7, 11) is 0. The Balaban J connectivity index is 1.99. The van der Waals surface area contributed by atoms with E-state index in [0.717, 1.165) is 32.7 Å². The molecule has 0 aromatic carbocycles. The molecule has 0 saturated carbocycles. The van der Waals surface area contributed by atoms with Crippen LogP contribution >= 0.6 is 11.3 Å². The predicted octanol–water partition coefficient (Wildman–Crippen LogP) is 1.97. The fourth-order valence-electron chi connectivity index (χ4n) is 1.12. The normalized spacial score (nSPS) is 10.7. The van der Waals surface area contributed by atoms with Crippen molar-refractivity contribution in [2.75, 3.05) is 19.8 Å². The molecule has 1 heterocycles. The van der Waals surface area contributed by atoms with E-state index in [4.69, 9.17) is 4.74 Å². The first-order valence-electron chi connectivity index (χ1n) is 5.02. The van der Waals surface area contributed by atoms with Gasteiger partial charge in [-0.3, -0.25) is 0 Å². The molecular weight excluding hydrogens is 196 g/mol. The molecule has 1 aromatic heterocycles. The fourth-order valence-corrected chi connectivity index (χ4v) is 1.88. The van der Waals surface area contributed by atoms with Gasteiger partial charge in [0.05, 0.1) is 0 Å². The van der Waals surface area contributed by atoms with Gasteiger partial charge in [-0.15, -0.1) is 11.3 Å². The van der Waals surface area contributed by atoms with Crippen LogP contribution in [0.3, 0.4) is 0 Å². The second-order valence-corrected chi connectivity index (χ2v) is 4.41. The van der Waals surface area contributed by atoms with Gasteiger partial charge in [-0.05, 0) is 26.8 Å². The van der Waals surface area contributed by atoms with E-state index in [-0.39, 0.29) is 0 Å². The number of aryl methyl sites for hydroxylation is 1. The lowest BCUT2D eigenvalue weighted by Gasteiger charge is -2.02. The van der Waals surface area contributed by atoms with Crippen LogP contribution in [-0.4, -0.2) is 24.7 Å². The van der Waals surface area contributed by atoms with E-state index in [0.29, 0.717) is 0 Å². The van der Waals surface area contributed by atoms with Crippen molar-refractivity contribution in [3.05, 3.63) is 16.1 Å². The molecule has 1 N–H and O–H groups in total. The second-order valence-electron chi connectivity index (χ2n) is 3.09. The molecule has 0 unspecified atom stereocenters. The summed E-state index contributed by atoms with van der Waals surface area (Å²) in [6, 6.07) is 0. The van der Waals surface area contributed by atoms with Crippen molar-refractivity contribution in [3.8, 4) is 0 Å². The number of aromatic nitrogens is 1. The summed E-state index contributed by atoms with van der Waals surface area (Å²) >= 11 is 1.75. The first kappa shape index (κ1) is 11.6. The minimum atomic E-state index is 0.811. The maximum atomic E-state index is 5.24. The molecule has 0 saturated heterocycles. The van der Waals surface area contributed by atoms with Crippen molar-refractivity contribution in [2.45, 2.75) is 26.8 Å². The quantitative estimate of drug-likeness (QED) is 0.705. The first-order chi connectivity index (χ1) is 6.83. The summed E-state index contributed by atoms with van der Waals surface area (Å²) in [4.78, 5) is 5.55. The van der Waals surface area contributed by atoms with E-state index in [1.165, 1.54) is 9.88 Å². The number of hydrogen-bond acceptors (Lipinski definition) is 4. The molecule has 1 aromatic rings. The highest BCUT2D eigenvalue weighted by molar-refractivity contribution is 7.11. The average Bonchev–Trinajstić information content (AvgIpc) is 2.58. The third-order valence-corrected chi connectivity index (χ3v) is 2.70. The standard InChI is InChI=1S/C10H18N2OS/c1-3-13-6-4-5-11-8-10-12-7-9(2)14-10/h7,11H,3-6,8H2,1-2H3. The van der Waals surface area contributed by atoms with Crippen molar-refractivity contribution in [1.29, 1.82) is 0 Å². The number of thiazole rings is 1. The number of nitrogens with one attached hydrogen (secondary N) is 1. The number of nitrogens with zero attached hydrogens (tertiary/aromatic N) is 1. The van der Waals surface area contributed by atoms with Crippen molar-refractivity contribution in [2.24, 2.45) is 0 Å². The summed E-state index contributed by atoms with van der Waals surface area (Å²) in [5.74, 6) is 0. The molecule has 3 nitrogen and oxygen atoms in total. The summed E-state index contributed by atoms with van der Waals surface area (Å²) in [5, 5.41) is 4.51. The molecule has 0 aliphatic rings. The monoisotopic (exact) mass is 214 g/mol. The van der Waals surface area contributed by atoms with Gasteiger partial charge in [0.15, 0.2) is 0 Å². The maximum Gasteiger partial charge on any atom is 0.107 e. The zero-order chi connectivity index (χ0) is 10.2. The van der Waals surface area contributed by atoms with Crippen LogP contribution in [0.15, 0.2) is 6.20 Å². The summed E-state index contributed by atoms with van der Waals surface area (Å²) in [5.41, 5.74) is 0. The Labute approximate surface area is 89.5 Å². The van der Waals surface area contributed by atoms with Crippen molar-refractivity contribution < 1.29 is 4.74 Å². The molecule has 80 valence electrons. The molecule has 0 aliphatic heterocycles. The number of hydrogen-bond donors (Lipinski definition) is 1. The number of ether oxygens (including phenoxy) is 1. The SMILES string of the molecule is CCOCCCNCc1ncc(C)s1. The Morgan fingerprint density at radius 1 is 1.57 bits per heavy atom. The van der Waals surface area contributed by atoms with Gasteiger partial charge in [-0.1, -0.05) is 0 Å². The molecule has 0 amide bonds. The van der Waals surface area contributed by atoms with E-state index in [1.54, 1.807) is 11.3 Å². The van der Waals surface area contributed by atoms with Gasteiger partial charge >= 0.3 is 0 Å². The van der Waals surface area contributed by atoms with Gasteiger partial charge in [-0.25, -0.2) is 4.98 Å². The Morgan fingerprint density at radius 2 is 2.43 bits per heavy atom. The molecule has 0 aliphatic carbocycles. The van der Waals surface area contributed by atoms with Crippen molar-refractivity contribution in [1.82, 2.24) is 10.3 Å². The molecule has 0 radical (unpaired) electrons. The van der Waals surface area contributed by atoms with E-state index >= 15 is 0 Å². The maximum absolute atomic E-state index is 5.24. The molecule has 4 heteroatoms. The van der Waals surface area contributed by atoms with Crippen LogP contribution in [0.4, 0.5) is 0 Å².